The fourth-order valence-electron chi connectivity index (χ4n) is 4.56. The van der Waals surface area contributed by atoms with Crippen LogP contribution in [-0.4, -0.2) is 65.0 Å². The van der Waals surface area contributed by atoms with E-state index in [1.165, 1.54) is 10.5 Å². The fourth-order valence-corrected chi connectivity index (χ4v) is 5.39. The van der Waals surface area contributed by atoms with E-state index in [0.717, 1.165) is 48.3 Å². The van der Waals surface area contributed by atoms with Gasteiger partial charge in [-0.05, 0) is 58.8 Å². The van der Waals surface area contributed by atoms with Gasteiger partial charge in [0.15, 0.2) is 0 Å². The highest BCUT2D eigenvalue weighted by Crippen LogP contribution is 2.33. The maximum Gasteiger partial charge on any atom is 0.293 e. The Morgan fingerprint density at radius 1 is 0.842 bits per heavy atom. The fraction of sp³-hybridized carbons (Fsp3) is 0.233. The number of nitrogens with zero attached hydrogens (tertiary/aromatic N) is 3. The Morgan fingerprint density at radius 2 is 1.50 bits per heavy atom. The van der Waals surface area contributed by atoms with Crippen molar-refractivity contribution < 1.29 is 19.1 Å². The molecule has 0 atom stereocenters. The summed E-state index contributed by atoms with van der Waals surface area (Å²) in [6.45, 7) is 4.07. The number of hydrogen-bond acceptors (Lipinski definition) is 6. The van der Waals surface area contributed by atoms with E-state index in [4.69, 9.17) is 4.74 Å². The van der Waals surface area contributed by atoms with E-state index in [1.54, 1.807) is 25.3 Å². The number of imide groups is 1. The zero-order valence-electron chi connectivity index (χ0n) is 21.2. The van der Waals surface area contributed by atoms with Crippen molar-refractivity contribution in [2.45, 2.75) is 13.1 Å². The number of benzene rings is 3. The van der Waals surface area contributed by atoms with Crippen molar-refractivity contribution in [1.82, 2.24) is 14.7 Å². The second-order valence-corrected chi connectivity index (χ2v) is 10.3. The lowest BCUT2D eigenvalue weighted by molar-refractivity contribution is -0.123. The minimum absolute atomic E-state index is 0.00355. The van der Waals surface area contributed by atoms with Crippen molar-refractivity contribution in [2.24, 2.45) is 0 Å². The maximum atomic E-state index is 13.1. The number of methoxy groups -OCH3 is 1. The van der Waals surface area contributed by atoms with Crippen LogP contribution in [0.25, 0.3) is 6.08 Å². The first-order valence-electron chi connectivity index (χ1n) is 12.5. The minimum atomic E-state index is -0.295. The molecule has 3 aromatic rings. The average molecular weight is 528 g/mol. The van der Waals surface area contributed by atoms with E-state index < -0.39 is 0 Å². The zero-order chi connectivity index (χ0) is 26.5. The van der Waals surface area contributed by atoms with Crippen LogP contribution in [0.4, 0.5) is 4.79 Å². The molecule has 2 heterocycles. The molecule has 5 rings (SSSR count). The lowest BCUT2D eigenvalue weighted by Crippen LogP contribution is -2.48. The summed E-state index contributed by atoms with van der Waals surface area (Å²) in [4.78, 5) is 44.2. The molecule has 3 aromatic carbocycles. The van der Waals surface area contributed by atoms with Crippen LogP contribution < -0.4 is 4.74 Å². The van der Waals surface area contributed by atoms with Crippen molar-refractivity contribution in [1.29, 1.82) is 0 Å². The highest BCUT2D eigenvalue weighted by atomic mass is 32.2. The smallest absolute Gasteiger partial charge is 0.293 e. The highest BCUT2D eigenvalue weighted by Gasteiger charge is 2.35. The molecule has 0 bridgehead atoms. The van der Waals surface area contributed by atoms with E-state index in [0.29, 0.717) is 23.6 Å². The molecule has 2 aliphatic heterocycles. The predicted octanol–water partition coefficient (Wildman–Crippen LogP) is 4.89. The molecular formula is C30H29N3O4S. The van der Waals surface area contributed by atoms with Gasteiger partial charge >= 0.3 is 0 Å². The summed E-state index contributed by atoms with van der Waals surface area (Å²) in [6.07, 6.45) is 1.71. The summed E-state index contributed by atoms with van der Waals surface area (Å²) < 4.78 is 5.22. The van der Waals surface area contributed by atoms with Crippen molar-refractivity contribution >= 4 is 34.9 Å². The van der Waals surface area contributed by atoms with Gasteiger partial charge in [-0.25, -0.2) is 0 Å². The minimum Gasteiger partial charge on any atom is -0.497 e. The summed E-state index contributed by atoms with van der Waals surface area (Å²) in [5.41, 5.74) is 3.51. The molecule has 0 radical (unpaired) electrons. The predicted molar refractivity (Wildman–Crippen MR) is 149 cm³/mol. The van der Waals surface area contributed by atoms with E-state index in [2.05, 4.69) is 17.0 Å². The zero-order valence-corrected chi connectivity index (χ0v) is 22.0. The standard InChI is InChI=1S/C30H29N3O4S/c1-37-26-13-9-24(10-14-26)20-31-15-17-32(18-16-31)28(34)25-11-7-22(8-12-25)19-27-29(35)33(30(36)38-27)21-23-5-3-2-4-6-23/h2-14,19H,15-18,20-21H2,1H3/b27-19-. The van der Waals surface area contributed by atoms with Crippen LogP contribution in [0.2, 0.25) is 0 Å². The lowest BCUT2D eigenvalue weighted by atomic mass is 10.1. The van der Waals surface area contributed by atoms with Gasteiger partial charge in [-0.3, -0.25) is 24.2 Å². The van der Waals surface area contributed by atoms with Gasteiger partial charge in [0.05, 0.1) is 18.6 Å². The van der Waals surface area contributed by atoms with Gasteiger partial charge in [-0.2, -0.15) is 0 Å². The Labute approximate surface area is 226 Å². The normalized spacial score (nSPS) is 17.3. The molecule has 3 amide bonds. The quantitative estimate of drug-likeness (QED) is 0.408. The van der Waals surface area contributed by atoms with Gasteiger partial charge in [0.25, 0.3) is 17.1 Å². The third-order valence-electron chi connectivity index (χ3n) is 6.74. The van der Waals surface area contributed by atoms with Gasteiger partial charge in [0.1, 0.15) is 5.75 Å². The Morgan fingerprint density at radius 3 is 2.16 bits per heavy atom. The second-order valence-electron chi connectivity index (χ2n) is 9.29. The molecule has 0 saturated carbocycles. The monoisotopic (exact) mass is 527 g/mol. The summed E-state index contributed by atoms with van der Waals surface area (Å²) in [6, 6.07) is 24.7. The number of carbonyl (C=O) groups is 3. The number of piperazine rings is 1. The Kier molecular flexibility index (Phi) is 7.91. The van der Waals surface area contributed by atoms with Crippen molar-refractivity contribution in [2.75, 3.05) is 33.3 Å². The molecule has 0 aromatic heterocycles. The van der Waals surface area contributed by atoms with Gasteiger partial charge in [-0.1, -0.05) is 54.6 Å². The van der Waals surface area contributed by atoms with Crippen molar-refractivity contribution in [3.8, 4) is 5.75 Å². The van der Waals surface area contributed by atoms with Crippen LogP contribution in [0.5, 0.6) is 5.75 Å². The molecule has 7 nitrogen and oxygen atoms in total. The largest absolute Gasteiger partial charge is 0.497 e. The second kappa shape index (κ2) is 11.7. The highest BCUT2D eigenvalue weighted by molar-refractivity contribution is 8.18. The first kappa shape index (κ1) is 25.8. The van der Waals surface area contributed by atoms with Crippen molar-refractivity contribution in [3.05, 3.63) is 106 Å². The molecule has 2 aliphatic rings. The summed E-state index contributed by atoms with van der Waals surface area (Å²) >= 11 is 0.944. The molecule has 0 spiro atoms. The lowest BCUT2D eigenvalue weighted by Gasteiger charge is -2.34. The van der Waals surface area contributed by atoms with Crippen LogP contribution >= 0.6 is 11.8 Å². The van der Waals surface area contributed by atoms with Crippen LogP contribution in [-0.2, 0) is 17.9 Å². The molecule has 0 N–H and O–H groups in total. The topological polar surface area (TPSA) is 70.2 Å². The Hall–Kier alpha value is -3.88. The maximum absolute atomic E-state index is 13.1. The number of amides is 3. The molecule has 194 valence electrons. The third-order valence-corrected chi connectivity index (χ3v) is 7.64. The van der Waals surface area contributed by atoms with Crippen LogP contribution in [0.3, 0.4) is 0 Å². The molecule has 0 unspecified atom stereocenters. The number of ether oxygens (including phenoxy) is 1. The molecular weight excluding hydrogens is 498 g/mol. The number of carbonyl (C=O) groups excluding carboxylic acids is 3. The first-order valence-corrected chi connectivity index (χ1v) is 13.4. The number of rotatable bonds is 7. The molecule has 2 fully saturated rings. The SMILES string of the molecule is COc1ccc(CN2CCN(C(=O)c3ccc(/C=C4\SC(=O)N(Cc5ccccc5)C4=O)cc3)CC2)cc1. The van der Waals surface area contributed by atoms with E-state index >= 15 is 0 Å². The summed E-state index contributed by atoms with van der Waals surface area (Å²) in [5.74, 6) is 0.554. The van der Waals surface area contributed by atoms with Crippen LogP contribution in [0.15, 0.2) is 83.8 Å². The molecule has 2 saturated heterocycles. The Balaban J connectivity index is 1.16. The van der Waals surface area contributed by atoms with Crippen molar-refractivity contribution in [3.63, 3.8) is 0 Å². The number of hydrogen-bond donors (Lipinski definition) is 0. The van der Waals surface area contributed by atoms with Gasteiger partial charge in [0, 0.05) is 38.3 Å². The average Bonchev–Trinajstić information content (AvgIpc) is 3.21. The first-order chi connectivity index (χ1) is 18.5. The van der Waals surface area contributed by atoms with Gasteiger partial charge in [-0.15, -0.1) is 0 Å². The molecule has 8 heteroatoms. The van der Waals surface area contributed by atoms with Crippen LogP contribution in [0.1, 0.15) is 27.0 Å². The summed E-state index contributed by atoms with van der Waals surface area (Å²) in [7, 11) is 1.66. The Bertz CT molecular complexity index is 1330. The number of thioether (sulfide) groups is 1. The molecule has 38 heavy (non-hydrogen) atoms. The van der Waals surface area contributed by atoms with Gasteiger partial charge < -0.3 is 9.64 Å². The van der Waals surface area contributed by atoms with Crippen LogP contribution in [0, 0.1) is 0 Å². The van der Waals surface area contributed by atoms with E-state index in [9.17, 15) is 14.4 Å². The third kappa shape index (κ3) is 5.98. The van der Waals surface area contributed by atoms with E-state index in [-0.39, 0.29) is 23.6 Å². The van der Waals surface area contributed by atoms with Gasteiger partial charge in [0.2, 0.25) is 0 Å². The summed E-state index contributed by atoms with van der Waals surface area (Å²) in [5, 5.41) is -0.275. The van der Waals surface area contributed by atoms with E-state index in [1.807, 2.05) is 59.5 Å². The molecule has 0 aliphatic carbocycles.